The molecule has 2 saturated heterocycles. The highest BCUT2D eigenvalue weighted by Gasteiger charge is 2.37. The summed E-state index contributed by atoms with van der Waals surface area (Å²) in [5.74, 6) is 0. The molecule has 0 spiro atoms. The van der Waals surface area contributed by atoms with Gasteiger partial charge < -0.3 is 10.1 Å². The fourth-order valence-corrected chi connectivity index (χ4v) is 2.64. The first-order valence-electron chi connectivity index (χ1n) is 5.82. The monoisotopic (exact) mass is 203 g/mol. The van der Waals surface area contributed by atoms with Gasteiger partial charge in [-0.25, -0.2) is 0 Å². The molecule has 2 aliphatic heterocycles. The number of ether oxygens (including phenoxy) is 1. The van der Waals surface area contributed by atoms with Gasteiger partial charge in [-0.2, -0.15) is 0 Å². The average molecular weight is 203 g/mol. The molecule has 0 radical (unpaired) electrons. The van der Waals surface area contributed by atoms with Gasteiger partial charge in [0.15, 0.2) is 0 Å². The molecule has 1 N–H and O–H groups in total. The van der Waals surface area contributed by atoms with E-state index in [1.54, 1.807) is 0 Å². The van der Waals surface area contributed by atoms with E-state index in [1.807, 2.05) is 6.07 Å². The summed E-state index contributed by atoms with van der Waals surface area (Å²) < 4.78 is 5.93. The van der Waals surface area contributed by atoms with Crippen molar-refractivity contribution in [2.24, 2.45) is 0 Å². The van der Waals surface area contributed by atoms with Crippen molar-refractivity contribution in [3.63, 3.8) is 0 Å². The lowest BCUT2D eigenvalue weighted by molar-refractivity contribution is -0.0305. The number of benzene rings is 1. The number of hydrogen-bond acceptors (Lipinski definition) is 2. The first kappa shape index (κ1) is 9.37. The Morgan fingerprint density at radius 2 is 1.73 bits per heavy atom. The van der Waals surface area contributed by atoms with Crippen molar-refractivity contribution in [2.75, 3.05) is 0 Å². The maximum Gasteiger partial charge on any atom is 0.0720 e. The van der Waals surface area contributed by atoms with Crippen LogP contribution in [-0.2, 0) is 11.3 Å². The minimum Gasteiger partial charge on any atom is -0.373 e. The van der Waals surface area contributed by atoms with Crippen molar-refractivity contribution >= 4 is 0 Å². The molecule has 0 aromatic heterocycles. The number of fused-ring (bicyclic) bond motifs is 2. The highest BCUT2D eigenvalue weighted by Crippen LogP contribution is 2.30. The number of rotatable bonds is 3. The van der Waals surface area contributed by atoms with Gasteiger partial charge in [-0.1, -0.05) is 30.3 Å². The standard InChI is InChI=1S/C13H17NO/c1-2-4-10(5-3-1)9-15-13-7-11-6-12(8-13)14-11/h1-5,11-14H,6-9H2/t11-,12+,13?. The van der Waals surface area contributed by atoms with E-state index in [0.717, 1.165) is 18.7 Å². The molecule has 1 saturated carbocycles. The molecule has 2 heterocycles. The van der Waals surface area contributed by atoms with Crippen LogP contribution in [0.2, 0.25) is 0 Å². The van der Waals surface area contributed by atoms with Gasteiger partial charge in [-0.15, -0.1) is 0 Å². The highest BCUT2D eigenvalue weighted by molar-refractivity contribution is 5.13. The Bertz CT molecular complexity index is 309. The molecule has 4 rings (SSSR count). The lowest BCUT2D eigenvalue weighted by atomic mass is 9.81. The number of piperidine rings is 1. The van der Waals surface area contributed by atoms with Crippen LogP contribution in [0.4, 0.5) is 0 Å². The second kappa shape index (κ2) is 3.95. The van der Waals surface area contributed by atoms with Gasteiger partial charge >= 0.3 is 0 Å². The Kier molecular flexibility index (Phi) is 2.47. The second-order valence-corrected chi connectivity index (χ2v) is 4.69. The average Bonchev–Trinajstić information content (AvgIpc) is 2.27. The summed E-state index contributed by atoms with van der Waals surface area (Å²) in [5, 5.41) is 3.53. The van der Waals surface area contributed by atoms with Crippen molar-refractivity contribution in [1.29, 1.82) is 0 Å². The number of nitrogens with one attached hydrogen (secondary N) is 1. The predicted molar refractivity (Wildman–Crippen MR) is 59.6 cm³/mol. The lowest BCUT2D eigenvalue weighted by Crippen LogP contribution is -2.59. The maximum atomic E-state index is 5.93. The molecular weight excluding hydrogens is 186 g/mol. The molecule has 1 aromatic rings. The van der Waals surface area contributed by atoms with Crippen LogP contribution in [0.5, 0.6) is 0 Å². The molecule has 1 aromatic carbocycles. The summed E-state index contributed by atoms with van der Waals surface area (Å²) in [6.07, 6.45) is 4.24. The van der Waals surface area contributed by atoms with Gasteiger partial charge in [-0.3, -0.25) is 0 Å². The summed E-state index contributed by atoms with van der Waals surface area (Å²) >= 11 is 0. The first-order chi connectivity index (χ1) is 7.40. The molecule has 15 heavy (non-hydrogen) atoms. The zero-order chi connectivity index (χ0) is 10.1. The molecule has 3 fully saturated rings. The van der Waals surface area contributed by atoms with Crippen LogP contribution in [0, 0.1) is 0 Å². The van der Waals surface area contributed by atoms with Gasteiger partial charge in [0.25, 0.3) is 0 Å². The lowest BCUT2D eigenvalue weighted by Gasteiger charge is -2.46. The minimum absolute atomic E-state index is 0.482. The first-order valence-corrected chi connectivity index (χ1v) is 5.82. The fourth-order valence-electron chi connectivity index (χ4n) is 2.64. The maximum absolute atomic E-state index is 5.93. The van der Waals surface area contributed by atoms with Crippen LogP contribution in [0.15, 0.2) is 30.3 Å². The van der Waals surface area contributed by atoms with Crippen molar-refractivity contribution < 1.29 is 4.74 Å². The third kappa shape index (κ3) is 2.06. The summed E-state index contributed by atoms with van der Waals surface area (Å²) in [6, 6.07) is 11.9. The molecule has 2 nitrogen and oxygen atoms in total. The molecule has 80 valence electrons. The van der Waals surface area contributed by atoms with Crippen molar-refractivity contribution in [3.8, 4) is 0 Å². The van der Waals surface area contributed by atoms with Gasteiger partial charge in [0, 0.05) is 12.1 Å². The minimum atomic E-state index is 0.482. The zero-order valence-electron chi connectivity index (χ0n) is 8.86. The quantitative estimate of drug-likeness (QED) is 0.812. The van der Waals surface area contributed by atoms with Gasteiger partial charge in [0.1, 0.15) is 0 Å². The van der Waals surface area contributed by atoms with Crippen LogP contribution in [0.3, 0.4) is 0 Å². The van der Waals surface area contributed by atoms with Crippen molar-refractivity contribution in [2.45, 2.75) is 44.1 Å². The van der Waals surface area contributed by atoms with Crippen LogP contribution >= 0.6 is 0 Å². The van der Waals surface area contributed by atoms with E-state index >= 15 is 0 Å². The third-order valence-electron chi connectivity index (χ3n) is 3.46. The Morgan fingerprint density at radius 1 is 1.07 bits per heavy atom. The fraction of sp³-hybridized carbons (Fsp3) is 0.538. The Balaban J connectivity index is 1.50. The smallest absolute Gasteiger partial charge is 0.0720 e. The summed E-state index contributed by atoms with van der Waals surface area (Å²) in [7, 11) is 0. The molecule has 0 amide bonds. The van der Waals surface area contributed by atoms with E-state index in [-0.39, 0.29) is 0 Å². The van der Waals surface area contributed by atoms with E-state index < -0.39 is 0 Å². The number of hydrogen-bond donors (Lipinski definition) is 1. The molecular formula is C13H17NO. The zero-order valence-corrected chi connectivity index (χ0v) is 8.86. The third-order valence-corrected chi connectivity index (χ3v) is 3.46. The van der Waals surface area contributed by atoms with Crippen LogP contribution < -0.4 is 5.32 Å². The molecule has 3 atom stereocenters. The highest BCUT2D eigenvalue weighted by atomic mass is 16.5. The SMILES string of the molecule is c1ccc(COC2C[C@@H]3C[C@H](C2)N3)cc1. The molecule has 2 bridgehead atoms. The predicted octanol–water partition coefficient (Wildman–Crippen LogP) is 2.10. The molecule has 3 aliphatic rings. The molecule has 1 aliphatic carbocycles. The van der Waals surface area contributed by atoms with Crippen LogP contribution in [0.25, 0.3) is 0 Å². The Labute approximate surface area is 90.6 Å². The van der Waals surface area contributed by atoms with E-state index in [4.69, 9.17) is 4.74 Å². The summed E-state index contributed by atoms with van der Waals surface area (Å²) in [5.41, 5.74) is 1.28. The Hall–Kier alpha value is -0.860. The van der Waals surface area contributed by atoms with E-state index in [1.165, 1.54) is 24.8 Å². The van der Waals surface area contributed by atoms with E-state index in [2.05, 4.69) is 29.6 Å². The largest absolute Gasteiger partial charge is 0.373 e. The van der Waals surface area contributed by atoms with Crippen LogP contribution in [-0.4, -0.2) is 18.2 Å². The summed E-state index contributed by atoms with van der Waals surface area (Å²) in [6.45, 7) is 0.769. The topological polar surface area (TPSA) is 21.3 Å². The van der Waals surface area contributed by atoms with Crippen LogP contribution in [0.1, 0.15) is 24.8 Å². The van der Waals surface area contributed by atoms with Crippen molar-refractivity contribution in [3.05, 3.63) is 35.9 Å². The molecule has 1 unspecified atom stereocenters. The van der Waals surface area contributed by atoms with Crippen molar-refractivity contribution in [1.82, 2.24) is 5.32 Å². The summed E-state index contributed by atoms with van der Waals surface area (Å²) in [4.78, 5) is 0. The Morgan fingerprint density at radius 3 is 2.40 bits per heavy atom. The van der Waals surface area contributed by atoms with Gasteiger partial charge in [0.05, 0.1) is 12.7 Å². The van der Waals surface area contributed by atoms with E-state index in [9.17, 15) is 0 Å². The van der Waals surface area contributed by atoms with Gasteiger partial charge in [-0.05, 0) is 24.8 Å². The second-order valence-electron chi connectivity index (χ2n) is 4.69. The van der Waals surface area contributed by atoms with Gasteiger partial charge in [0.2, 0.25) is 0 Å². The normalized spacial score (nSPS) is 33.5. The molecule has 2 heteroatoms. The van der Waals surface area contributed by atoms with E-state index in [0.29, 0.717) is 6.10 Å².